The van der Waals surface area contributed by atoms with Gasteiger partial charge < -0.3 is 4.57 Å². The molecular weight excluding hydrogens is 671 g/mol. The first kappa shape index (κ1) is 31.1. The summed E-state index contributed by atoms with van der Waals surface area (Å²) >= 11 is 0. The van der Waals surface area contributed by atoms with E-state index in [-0.39, 0.29) is 0 Å². The van der Waals surface area contributed by atoms with Gasteiger partial charge in [0.25, 0.3) is 0 Å². The summed E-state index contributed by atoms with van der Waals surface area (Å²) in [6, 6.07) is 62.0. The van der Waals surface area contributed by atoms with Crippen molar-refractivity contribution in [1.29, 1.82) is 0 Å². The van der Waals surface area contributed by atoms with Crippen LogP contribution in [0.25, 0.3) is 105 Å². The topological polar surface area (TPSA) is 56.5 Å². The fourth-order valence-electron chi connectivity index (χ4n) is 8.11. The Labute approximate surface area is 316 Å². The molecule has 3 heterocycles. The number of fused-ring (bicyclic) bond motifs is 9. The molecule has 11 aromatic rings. The highest BCUT2D eigenvalue weighted by atomic mass is 15.0. The van der Waals surface area contributed by atoms with E-state index in [1.807, 2.05) is 42.6 Å². The standard InChI is InChI=1S/C50H31N5/c1-3-12-33(13-4-1)48-52-49(34-23-21-32(22-24-34)36-14-11-27-51-31-36)54-50(53-48)35-25-26-40-42(28-35)38-17-7-8-18-39(38)44-30-47-45(29-43(40)44)41-19-9-10-20-46(41)55(47)37-15-5-2-6-16-37/h1-31H. The predicted octanol–water partition coefficient (Wildman–Crippen LogP) is 12.5. The maximum atomic E-state index is 5.12. The summed E-state index contributed by atoms with van der Waals surface area (Å²) in [6.45, 7) is 0. The van der Waals surface area contributed by atoms with Gasteiger partial charge in [-0.1, -0.05) is 133 Å². The molecule has 3 aromatic heterocycles. The highest BCUT2D eigenvalue weighted by Crippen LogP contribution is 2.42. The van der Waals surface area contributed by atoms with E-state index in [1.54, 1.807) is 6.20 Å². The molecule has 8 aromatic carbocycles. The van der Waals surface area contributed by atoms with Crippen molar-refractivity contribution in [2.45, 2.75) is 0 Å². The molecule has 0 unspecified atom stereocenters. The highest BCUT2D eigenvalue weighted by Gasteiger charge is 2.18. The molecular formula is C50H31N5. The smallest absolute Gasteiger partial charge is 0.164 e. The number of nitrogens with zero attached hydrogens (tertiary/aromatic N) is 5. The normalized spacial score (nSPS) is 11.6. The van der Waals surface area contributed by atoms with E-state index in [9.17, 15) is 0 Å². The third-order valence-corrected chi connectivity index (χ3v) is 10.7. The molecule has 0 amide bonds. The fourth-order valence-corrected chi connectivity index (χ4v) is 8.11. The van der Waals surface area contributed by atoms with Crippen molar-refractivity contribution in [2.24, 2.45) is 0 Å². The predicted molar refractivity (Wildman–Crippen MR) is 226 cm³/mol. The third kappa shape index (κ3) is 5.17. The van der Waals surface area contributed by atoms with Gasteiger partial charge in [0, 0.05) is 45.5 Å². The monoisotopic (exact) mass is 701 g/mol. The van der Waals surface area contributed by atoms with E-state index >= 15 is 0 Å². The van der Waals surface area contributed by atoms with E-state index in [0.717, 1.165) is 38.9 Å². The van der Waals surface area contributed by atoms with Crippen LogP contribution in [0.15, 0.2) is 188 Å². The second kappa shape index (κ2) is 12.6. The van der Waals surface area contributed by atoms with Gasteiger partial charge in [0.1, 0.15) is 0 Å². The van der Waals surface area contributed by atoms with Gasteiger partial charge >= 0.3 is 0 Å². The Balaban J connectivity index is 1.13. The fraction of sp³-hybridized carbons (Fsp3) is 0. The van der Waals surface area contributed by atoms with Crippen molar-refractivity contribution in [1.82, 2.24) is 24.5 Å². The number of pyridine rings is 1. The molecule has 0 atom stereocenters. The van der Waals surface area contributed by atoms with Crippen LogP contribution in [0.1, 0.15) is 0 Å². The van der Waals surface area contributed by atoms with Gasteiger partial charge in [-0.15, -0.1) is 0 Å². The van der Waals surface area contributed by atoms with E-state index in [1.165, 1.54) is 48.7 Å². The van der Waals surface area contributed by atoms with Gasteiger partial charge in [0.15, 0.2) is 17.5 Å². The molecule has 5 nitrogen and oxygen atoms in total. The summed E-state index contributed by atoms with van der Waals surface area (Å²) in [7, 11) is 0. The molecule has 5 heteroatoms. The van der Waals surface area contributed by atoms with Crippen LogP contribution in [0.2, 0.25) is 0 Å². The zero-order chi connectivity index (χ0) is 36.3. The summed E-state index contributed by atoms with van der Waals surface area (Å²) in [4.78, 5) is 19.5. The highest BCUT2D eigenvalue weighted by molar-refractivity contribution is 6.29. The molecule has 0 N–H and O–H groups in total. The lowest BCUT2D eigenvalue weighted by molar-refractivity contribution is 1.07. The van der Waals surface area contributed by atoms with Crippen LogP contribution in [0.5, 0.6) is 0 Å². The molecule has 0 bridgehead atoms. The number of hydrogen-bond donors (Lipinski definition) is 0. The molecule has 0 fully saturated rings. The lowest BCUT2D eigenvalue weighted by atomic mass is 9.92. The van der Waals surface area contributed by atoms with Crippen LogP contribution in [0.4, 0.5) is 0 Å². The SMILES string of the molecule is c1ccc(-c2nc(-c3ccc(-c4cccnc4)cc3)nc(-c3ccc4c(c3)c3ccccc3c3cc5c(cc43)c3ccccc3n5-c3ccccc3)n2)cc1. The van der Waals surface area contributed by atoms with Crippen molar-refractivity contribution in [3.63, 3.8) is 0 Å². The molecule has 0 aliphatic heterocycles. The molecule has 0 radical (unpaired) electrons. The van der Waals surface area contributed by atoms with Crippen molar-refractivity contribution < 1.29 is 0 Å². The number of rotatable bonds is 5. The third-order valence-electron chi connectivity index (χ3n) is 10.7. The van der Waals surface area contributed by atoms with Gasteiger partial charge in [-0.05, 0) is 85.9 Å². The summed E-state index contributed by atoms with van der Waals surface area (Å²) < 4.78 is 2.39. The van der Waals surface area contributed by atoms with Crippen LogP contribution in [0, 0.1) is 0 Å². The zero-order valence-electron chi connectivity index (χ0n) is 29.6. The Bertz CT molecular complexity index is 3230. The summed E-state index contributed by atoms with van der Waals surface area (Å²) in [5, 5.41) is 9.68. The number of aromatic nitrogens is 5. The summed E-state index contributed by atoms with van der Waals surface area (Å²) in [5.74, 6) is 1.90. The minimum atomic E-state index is 0.627. The molecule has 0 aliphatic rings. The van der Waals surface area contributed by atoms with Gasteiger partial charge in [-0.25, -0.2) is 15.0 Å². The molecule has 0 saturated carbocycles. The van der Waals surface area contributed by atoms with Crippen molar-refractivity contribution in [3.8, 4) is 51.0 Å². The molecule has 256 valence electrons. The Morgan fingerprint density at radius 2 is 0.836 bits per heavy atom. The van der Waals surface area contributed by atoms with Crippen molar-refractivity contribution in [3.05, 3.63) is 188 Å². The van der Waals surface area contributed by atoms with Crippen LogP contribution >= 0.6 is 0 Å². The molecule has 11 rings (SSSR count). The van der Waals surface area contributed by atoms with Crippen LogP contribution < -0.4 is 0 Å². The van der Waals surface area contributed by atoms with E-state index < -0.39 is 0 Å². The number of hydrogen-bond acceptors (Lipinski definition) is 4. The zero-order valence-corrected chi connectivity index (χ0v) is 29.6. The van der Waals surface area contributed by atoms with Crippen LogP contribution in [0.3, 0.4) is 0 Å². The van der Waals surface area contributed by atoms with Gasteiger partial charge in [0.2, 0.25) is 0 Å². The van der Waals surface area contributed by atoms with E-state index in [0.29, 0.717) is 17.5 Å². The second-order valence-electron chi connectivity index (χ2n) is 13.9. The first-order chi connectivity index (χ1) is 27.3. The maximum absolute atomic E-state index is 5.12. The Morgan fingerprint density at radius 1 is 0.309 bits per heavy atom. The van der Waals surface area contributed by atoms with Crippen molar-refractivity contribution >= 4 is 54.1 Å². The maximum Gasteiger partial charge on any atom is 0.164 e. The van der Waals surface area contributed by atoms with Gasteiger partial charge in [-0.3, -0.25) is 4.98 Å². The summed E-state index contributed by atoms with van der Waals surface area (Å²) in [5.41, 5.74) is 8.49. The Hall–Kier alpha value is -7.50. The summed E-state index contributed by atoms with van der Waals surface area (Å²) in [6.07, 6.45) is 3.67. The van der Waals surface area contributed by atoms with E-state index in [2.05, 4.69) is 149 Å². The van der Waals surface area contributed by atoms with Gasteiger partial charge in [0.05, 0.1) is 11.0 Å². The van der Waals surface area contributed by atoms with Crippen LogP contribution in [-0.2, 0) is 0 Å². The van der Waals surface area contributed by atoms with Gasteiger partial charge in [-0.2, -0.15) is 0 Å². The minimum absolute atomic E-state index is 0.627. The number of benzene rings is 8. The van der Waals surface area contributed by atoms with Crippen LogP contribution in [-0.4, -0.2) is 24.5 Å². The average Bonchev–Trinajstić information content (AvgIpc) is 3.60. The Kier molecular flexibility index (Phi) is 7.10. The van der Waals surface area contributed by atoms with E-state index in [4.69, 9.17) is 15.0 Å². The average molecular weight is 702 g/mol. The number of para-hydroxylation sites is 2. The Morgan fingerprint density at radius 3 is 1.55 bits per heavy atom. The molecule has 0 aliphatic carbocycles. The molecule has 0 spiro atoms. The quantitative estimate of drug-likeness (QED) is 0.168. The second-order valence-corrected chi connectivity index (χ2v) is 13.9. The first-order valence-corrected chi connectivity index (χ1v) is 18.5. The molecule has 0 saturated heterocycles. The molecule has 55 heavy (non-hydrogen) atoms. The lowest BCUT2D eigenvalue weighted by Crippen LogP contribution is -2.00. The minimum Gasteiger partial charge on any atom is -0.309 e. The van der Waals surface area contributed by atoms with Crippen molar-refractivity contribution in [2.75, 3.05) is 0 Å². The lowest BCUT2D eigenvalue weighted by Gasteiger charge is -2.14. The first-order valence-electron chi connectivity index (χ1n) is 18.5. The largest absolute Gasteiger partial charge is 0.309 e.